The molecule has 0 aliphatic heterocycles. The first kappa shape index (κ1) is 20.6. The Morgan fingerprint density at radius 3 is 2.66 bits per heavy atom. The van der Waals surface area contributed by atoms with Gasteiger partial charge in [0.15, 0.2) is 0 Å². The molecular formula is C21H30N2O5S. The van der Waals surface area contributed by atoms with Gasteiger partial charge in [-0.25, -0.2) is 5.14 Å². The van der Waals surface area contributed by atoms with E-state index >= 15 is 0 Å². The van der Waals surface area contributed by atoms with Gasteiger partial charge in [-0.2, -0.15) is 8.42 Å². The first-order valence-corrected chi connectivity index (χ1v) is 11.9. The molecule has 2 saturated carbocycles. The number of amides is 1. The van der Waals surface area contributed by atoms with Crippen LogP contribution in [0.1, 0.15) is 73.4 Å². The highest BCUT2D eigenvalue weighted by molar-refractivity contribution is 7.84. The maximum absolute atomic E-state index is 11.9. The van der Waals surface area contributed by atoms with Crippen LogP contribution in [-0.2, 0) is 20.9 Å². The Morgan fingerprint density at radius 1 is 1.24 bits per heavy atom. The molecule has 160 valence electrons. The van der Waals surface area contributed by atoms with Crippen LogP contribution in [-0.4, -0.2) is 27.0 Å². The molecule has 1 aromatic rings. The van der Waals surface area contributed by atoms with Crippen LogP contribution in [0.4, 0.5) is 0 Å². The number of hydrogen-bond donors (Lipinski definition) is 2. The van der Waals surface area contributed by atoms with Crippen molar-refractivity contribution in [1.29, 1.82) is 0 Å². The molecule has 3 aliphatic rings. The molecule has 3 aliphatic carbocycles. The number of fused-ring (bicyclic) bond motifs is 5. The Hall–Kier alpha value is -1.64. The minimum Gasteiger partial charge on any atom is -0.493 e. The van der Waals surface area contributed by atoms with E-state index in [0.29, 0.717) is 35.7 Å². The Bertz CT molecular complexity index is 931. The van der Waals surface area contributed by atoms with Crippen LogP contribution < -0.4 is 15.6 Å². The molecule has 5 atom stereocenters. The van der Waals surface area contributed by atoms with Crippen molar-refractivity contribution in [3.63, 3.8) is 0 Å². The van der Waals surface area contributed by atoms with Gasteiger partial charge in [-0.05, 0) is 91.9 Å². The molecule has 1 aromatic carbocycles. The average Bonchev–Trinajstić information content (AvgIpc) is 2.96. The van der Waals surface area contributed by atoms with Crippen molar-refractivity contribution in [3.8, 4) is 5.75 Å². The monoisotopic (exact) mass is 422 g/mol. The lowest BCUT2D eigenvalue weighted by molar-refractivity contribution is -0.00806. The van der Waals surface area contributed by atoms with E-state index in [-0.39, 0.29) is 11.5 Å². The molecule has 4 unspecified atom stereocenters. The highest BCUT2D eigenvalue weighted by Crippen LogP contribution is 2.61. The van der Waals surface area contributed by atoms with Crippen LogP contribution in [0.2, 0.25) is 0 Å². The molecule has 0 bridgehead atoms. The minimum atomic E-state index is -3.96. The summed E-state index contributed by atoms with van der Waals surface area (Å²) in [6.45, 7) is 4.53. The highest BCUT2D eigenvalue weighted by atomic mass is 32.2. The highest BCUT2D eigenvalue weighted by Gasteiger charge is 2.56. The number of nitrogens with two attached hydrogens (primary N) is 2. The van der Waals surface area contributed by atoms with Gasteiger partial charge >= 0.3 is 10.3 Å². The number of aryl methyl sites for hydroxylation is 1. The average molecular weight is 423 g/mol. The number of primary amides is 1. The van der Waals surface area contributed by atoms with Gasteiger partial charge in [0.25, 0.3) is 5.91 Å². The predicted octanol–water partition coefficient (Wildman–Crippen LogP) is 2.63. The second kappa shape index (κ2) is 7.25. The molecule has 4 rings (SSSR count). The van der Waals surface area contributed by atoms with Crippen molar-refractivity contribution in [2.45, 2.75) is 64.4 Å². The lowest BCUT2D eigenvalue weighted by Gasteiger charge is -2.50. The third-order valence-corrected chi connectivity index (χ3v) is 8.05. The van der Waals surface area contributed by atoms with Crippen molar-refractivity contribution >= 4 is 16.2 Å². The lowest BCUT2D eigenvalue weighted by atomic mass is 9.55. The van der Waals surface area contributed by atoms with E-state index in [9.17, 15) is 13.2 Å². The van der Waals surface area contributed by atoms with Crippen molar-refractivity contribution in [2.24, 2.45) is 28.1 Å². The van der Waals surface area contributed by atoms with Gasteiger partial charge in [-0.15, -0.1) is 0 Å². The summed E-state index contributed by atoms with van der Waals surface area (Å²) >= 11 is 0. The third-order valence-electron chi connectivity index (χ3n) is 7.55. The molecule has 0 aromatic heterocycles. The normalized spacial score (nSPS) is 33.5. The molecule has 0 saturated heterocycles. The number of carbonyl (C=O) groups excluding carboxylic acids is 1. The third kappa shape index (κ3) is 3.55. The molecule has 29 heavy (non-hydrogen) atoms. The summed E-state index contributed by atoms with van der Waals surface area (Å²) in [6, 6.07) is 3.93. The molecule has 0 heterocycles. The van der Waals surface area contributed by atoms with Gasteiger partial charge in [-0.3, -0.25) is 8.98 Å². The predicted molar refractivity (Wildman–Crippen MR) is 109 cm³/mol. The van der Waals surface area contributed by atoms with Gasteiger partial charge in [0.2, 0.25) is 0 Å². The quantitative estimate of drug-likeness (QED) is 0.755. The molecule has 7 nitrogen and oxygen atoms in total. The van der Waals surface area contributed by atoms with E-state index in [1.807, 2.05) is 19.1 Å². The van der Waals surface area contributed by atoms with Crippen LogP contribution in [0.3, 0.4) is 0 Å². The second-order valence-corrected chi connectivity index (χ2v) is 10.1. The smallest absolute Gasteiger partial charge is 0.333 e. The summed E-state index contributed by atoms with van der Waals surface area (Å²) in [5.74, 6) is 1.34. The summed E-state index contributed by atoms with van der Waals surface area (Å²) in [7, 11) is -3.96. The summed E-state index contributed by atoms with van der Waals surface area (Å²) < 4.78 is 34.1. The molecule has 2 fully saturated rings. The number of benzene rings is 1. The molecule has 0 radical (unpaired) electrons. The fourth-order valence-corrected chi connectivity index (χ4v) is 6.98. The molecular weight excluding hydrogens is 392 g/mol. The van der Waals surface area contributed by atoms with E-state index < -0.39 is 16.2 Å². The van der Waals surface area contributed by atoms with Crippen molar-refractivity contribution < 1.29 is 22.1 Å². The van der Waals surface area contributed by atoms with Crippen LogP contribution in [0.15, 0.2) is 12.1 Å². The standard InChI is InChI=1S/C21H30N2O5S/c1-3-27-18-11-15-12(10-16(18)20(22)24)4-5-14-13(15)8-9-21(2)17(14)6-7-19(21)28-29(23,25)26/h10-11,13-14,17,19H,3-9H2,1-2H3,(H2,22,24)(H2,23,25,26)/t13?,14?,17?,19?,21-/m0/s1. The topological polar surface area (TPSA) is 122 Å². The first-order chi connectivity index (χ1) is 13.6. The molecule has 4 N–H and O–H groups in total. The van der Waals surface area contributed by atoms with E-state index in [0.717, 1.165) is 38.5 Å². The molecule has 1 amide bonds. The number of ether oxygens (including phenoxy) is 1. The van der Waals surface area contributed by atoms with Gasteiger partial charge in [0.05, 0.1) is 18.3 Å². The largest absolute Gasteiger partial charge is 0.493 e. The van der Waals surface area contributed by atoms with Gasteiger partial charge in [0.1, 0.15) is 5.75 Å². The van der Waals surface area contributed by atoms with Gasteiger partial charge < -0.3 is 10.5 Å². The first-order valence-electron chi connectivity index (χ1n) is 10.4. The van der Waals surface area contributed by atoms with Crippen molar-refractivity contribution in [1.82, 2.24) is 0 Å². The summed E-state index contributed by atoms with van der Waals surface area (Å²) in [5.41, 5.74) is 8.28. The SMILES string of the molecule is CCOc1cc2c(cc1C(N)=O)CCC1C2CC[C@]2(C)C(OS(N)(=O)=O)CCC12. The van der Waals surface area contributed by atoms with E-state index in [1.54, 1.807) is 0 Å². The summed E-state index contributed by atoms with van der Waals surface area (Å²) in [4.78, 5) is 11.9. The van der Waals surface area contributed by atoms with E-state index in [1.165, 1.54) is 11.1 Å². The van der Waals surface area contributed by atoms with Gasteiger partial charge in [-0.1, -0.05) is 6.92 Å². The molecule has 8 heteroatoms. The van der Waals surface area contributed by atoms with Crippen molar-refractivity contribution in [3.05, 3.63) is 28.8 Å². The molecule has 0 spiro atoms. The maximum atomic E-state index is 11.9. The maximum Gasteiger partial charge on any atom is 0.333 e. The summed E-state index contributed by atoms with van der Waals surface area (Å²) in [5, 5.41) is 5.17. The number of rotatable bonds is 5. The zero-order chi connectivity index (χ0) is 21.0. The number of hydrogen-bond acceptors (Lipinski definition) is 5. The van der Waals surface area contributed by atoms with E-state index in [4.69, 9.17) is 19.8 Å². The van der Waals surface area contributed by atoms with Crippen LogP contribution in [0, 0.1) is 17.3 Å². The van der Waals surface area contributed by atoms with Gasteiger partial charge in [0, 0.05) is 0 Å². The van der Waals surface area contributed by atoms with E-state index in [2.05, 4.69) is 6.92 Å². The zero-order valence-corrected chi connectivity index (χ0v) is 17.8. The Kier molecular flexibility index (Phi) is 5.16. The van der Waals surface area contributed by atoms with Crippen LogP contribution in [0.5, 0.6) is 5.75 Å². The van der Waals surface area contributed by atoms with Crippen LogP contribution >= 0.6 is 0 Å². The summed E-state index contributed by atoms with van der Waals surface area (Å²) in [6.07, 6.45) is 5.07. The Balaban J connectivity index is 1.66. The minimum absolute atomic E-state index is 0.180. The number of carbonyl (C=O) groups is 1. The van der Waals surface area contributed by atoms with Crippen molar-refractivity contribution in [2.75, 3.05) is 6.61 Å². The fourth-order valence-electron chi connectivity index (χ4n) is 6.34. The zero-order valence-electron chi connectivity index (χ0n) is 17.0. The Morgan fingerprint density at radius 2 is 2.00 bits per heavy atom. The Labute approximate surface area is 172 Å². The van der Waals surface area contributed by atoms with Crippen LogP contribution in [0.25, 0.3) is 0 Å². The fraction of sp³-hybridized carbons (Fsp3) is 0.667. The second-order valence-electron chi connectivity index (χ2n) is 8.96. The lowest BCUT2D eigenvalue weighted by Crippen LogP contribution is -2.45.